The molecule has 0 fully saturated rings. The van der Waals surface area contributed by atoms with Gasteiger partial charge in [-0.15, -0.1) is 0 Å². The fourth-order valence-corrected chi connectivity index (χ4v) is 1.31. The molecule has 0 heterocycles. The van der Waals surface area contributed by atoms with Crippen LogP contribution in [0.2, 0.25) is 5.02 Å². The Balaban J connectivity index is 2.88. The lowest BCUT2D eigenvalue weighted by molar-refractivity contribution is 0.610. The first-order chi connectivity index (χ1) is 5.97. The number of benzene rings is 1. The van der Waals surface area contributed by atoms with E-state index in [9.17, 15) is 8.42 Å². The van der Waals surface area contributed by atoms with E-state index in [-0.39, 0.29) is 0 Å². The lowest BCUT2D eigenvalue weighted by Crippen LogP contribution is -1.87. The smallest absolute Gasteiger partial charge is 0.168 e. The van der Waals surface area contributed by atoms with E-state index in [2.05, 4.69) is 0 Å². The third-order valence-electron chi connectivity index (χ3n) is 1.38. The standard InChI is InChI=1S/C9H9ClO2S/c1-13(11,12)7-6-8-2-4-9(10)5-3-8/h2-7H,1H3/b7-6-. The molecule has 2 nitrogen and oxygen atoms in total. The van der Waals surface area contributed by atoms with Gasteiger partial charge in [0.25, 0.3) is 0 Å². The molecule has 0 saturated carbocycles. The van der Waals surface area contributed by atoms with Gasteiger partial charge in [-0.2, -0.15) is 0 Å². The first-order valence-corrected chi connectivity index (χ1v) is 5.94. The van der Waals surface area contributed by atoms with E-state index in [1.807, 2.05) is 0 Å². The first-order valence-electron chi connectivity index (χ1n) is 3.61. The molecule has 0 unspecified atom stereocenters. The summed E-state index contributed by atoms with van der Waals surface area (Å²) >= 11 is 5.66. The van der Waals surface area contributed by atoms with Crippen LogP contribution in [-0.2, 0) is 9.84 Å². The van der Waals surface area contributed by atoms with Gasteiger partial charge in [-0.05, 0) is 23.8 Å². The number of hydrogen-bond acceptors (Lipinski definition) is 2. The van der Waals surface area contributed by atoms with Crippen LogP contribution in [0.25, 0.3) is 6.08 Å². The van der Waals surface area contributed by atoms with Crippen LogP contribution in [0.3, 0.4) is 0 Å². The average molecular weight is 217 g/mol. The van der Waals surface area contributed by atoms with Crippen molar-refractivity contribution in [2.24, 2.45) is 0 Å². The molecule has 0 saturated heterocycles. The summed E-state index contributed by atoms with van der Waals surface area (Å²) in [6.45, 7) is 0. The van der Waals surface area contributed by atoms with Gasteiger partial charge < -0.3 is 0 Å². The lowest BCUT2D eigenvalue weighted by atomic mass is 10.2. The summed E-state index contributed by atoms with van der Waals surface area (Å²) in [5.74, 6) is 0. The van der Waals surface area contributed by atoms with Crippen LogP contribution in [-0.4, -0.2) is 14.7 Å². The Kier molecular flexibility index (Phi) is 3.12. The van der Waals surface area contributed by atoms with Crippen molar-refractivity contribution in [1.82, 2.24) is 0 Å². The molecule has 0 radical (unpaired) electrons. The Morgan fingerprint density at radius 3 is 2.23 bits per heavy atom. The zero-order valence-electron chi connectivity index (χ0n) is 7.07. The normalized spacial score (nSPS) is 12.2. The van der Waals surface area contributed by atoms with E-state index < -0.39 is 9.84 Å². The van der Waals surface area contributed by atoms with Gasteiger partial charge in [-0.1, -0.05) is 23.7 Å². The monoisotopic (exact) mass is 216 g/mol. The zero-order chi connectivity index (χ0) is 9.90. The minimum absolute atomic E-state index is 0.636. The highest BCUT2D eigenvalue weighted by atomic mass is 35.5. The summed E-state index contributed by atoms with van der Waals surface area (Å²) in [6, 6.07) is 6.93. The van der Waals surface area contributed by atoms with Gasteiger partial charge in [0.2, 0.25) is 0 Å². The molecule has 0 aliphatic carbocycles. The molecular formula is C9H9ClO2S. The largest absolute Gasteiger partial charge is 0.225 e. The van der Waals surface area contributed by atoms with Crippen molar-refractivity contribution in [3.63, 3.8) is 0 Å². The maximum atomic E-state index is 10.8. The van der Waals surface area contributed by atoms with E-state index in [1.165, 1.54) is 6.08 Å². The van der Waals surface area contributed by atoms with Gasteiger partial charge >= 0.3 is 0 Å². The Morgan fingerprint density at radius 2 is 1.77 bits per heavy atom. The lowest BCUT2D eigenvalue weighted by Gasteiger charge is -1.92. The molecule has 70 valence electrons. The summed E-state index contributed by atoms with van der Waals surface area (Å²) in [5, 5.41) is 1.80. The second-order valence-corrected chi connectivity index (χ2v) is 5.05. The molecule has 1 rings (SSSR count). The van der Waals surface area contributed by atoms with Crippen LogP contribution < -0.4 is 0 Å². The Morgan fingerprint density at radius 1 is 1.23 bits per heavy atom. The summed E-state index contributed by atoms with van der Waals surface area (Å²) in [6.07, 6.45) is 2.69. The Bertz CT molecular complexity index is 404. The Labute approximate surface area is 82.8 Å². The number of hydrogen-bond donors (Lipinski definition) is 0. The SMILES string of the molecule is CS(=O)(=O)/C=C\c1ccc(Cl)cc1. The summed E-state index contributed by atoms with van der Waals surface area (Å²) in [7, 11) is -3.05. The van der Waals surface area contributed by atoms with Crippen LogP contribution >= 0.6 is 11.6 Å². The zero-order valence-corrected chi connectivity index (χ0v) is 8.64. The van der Waals surface area contributed by atoms with Crippen molar-refractivity contribution >= 4 is 27.5 Å². The molecule has 0 spiro atoms. The molecule has 0 aliphatic heterocycles. The van der Waals surface area contributed by atoms with Crippen LogP contribution in [0.4, 0.5) is 0 Å². The molecular weight excluding hydrogens is 208 g/mol. The number of halogens is 1. The van der Waals surface area contributed by atoms with Gasteiger partial charge in [-0.25, -0.2) is 8.42 Å². The molecule has 0 aliphatic rings. The Hall–Kier alpha value is -0.800. The summed E-state index contributed by atoms with van der Waals surface area (Å²) < 4.78 is 21.5. The van der Waals surface area contributed by atoms with Crippen LogP contribution in [0.5, 0.6) is 0 Å². The third kappa shape index (κ3) is 4.10. The number of rotatable bonds is 2. The minimum atomic E-state index is -3.05. The summed E-state index contributed by atoms with van der Waals surface area (Å²) in [5.41, 5.74) is 0.815. The van der Waals surface area contributed by atoms with Crippen LogP contribution in [0.15, 0.2) is 29.7 Å². The minimum Gasteiger partial charge on any atom is -0.225 e. The van der Waals surface area contributed by atoms with Gasteiger partial charge in [0.1, 0.15) is 0 Å². The topological polar surface area (TPSA) is 34.1 Å². The molecule has 0 amide bonds. The van der Waals surface area contributed by atoms with Crippen LogP contribution in [0, 0.1) is 0 Å². The van der Waals surface area contributed by atoms with Crippen molar-refractivity contribution in [2.75, 3.05) is 6.26 Å². The van der Waals surface area contributed by atoms with Gasteiger partial charge in [0.05, 0.1) is 0 Å². The quantitative estimate of drug-likeness (QED) is 0.761. The van der Waals surface area contributed by atoms with Gasteiger partial charge in [0.15, 0.2) is 9.84 Å². The average Bonchev–Trinajstić information content (AvgIpc) is 2.02. The maximum Gasteiger partial charge on any atom is 0.168 e. The highest BCUT2D eigenvalue weighted by Crippen LogP contribution is 2.10. The molecule has 0 N–H and O–H groups in total. The molecule has 1 aromatic rings. The molecule has 0 atom stereocenters. The van der Waals surface area contributed by atoms with Gasteiger partial charge in [0, 0.05) is 16.7 Å². The van der Waals surface area contributed by atoms with E-state index in [4.69, 9.17) is 11.6 Å². The molecule has 13 heavy (non-hydrogen) atoms. The fraction of sp³-hybridized carbons (Fsp3) is 0.111. The van der Waals surface area contributed by atoms with Crippen molar-refractivity contribution in [3.05, 3.63) is 40.3 Å². The summed E-state index contributed by atoms with van der Waals surface area (Å²) in [4.78, 5) is 0. The first kappa shape index (κ1) is 10.3. The fourth-order valence-electron chi connectivity index (χ4n) is 0.776. The molecule has 1 aromatic carbocycles. The molecule has 4 heteroatoms. The van der Waals surface area contributed by atoms with Crippen molar-refractivity contribution in [1.29, 1.82) is 0 Å². The second-order valence-electron chi connectivity index (χ2n) is 2.68. The molecule has 0 bridgehead atoms. The van der Waals surface area contributed by atoms with Crippen molar-refractivity contribution < 1.29 is 8.42 Å². The second kappa shape index (κ2) is 3.94. The van der Waals surface area contributed by atoms with Crippen LogP contribution in [0.1, 0.15) is 5.56 Å². The highest BCUT2D eigenvalue weighted by Gasteiger charge is 1.93. The third-order valence-corrected chi connectivity index (χ3v) is 2.26. The maximum absolute atomic E-state index is 10.8. The van der Waals surface area contributed by atoms with E-state index in [0.717, 1.165) is 17.2 Å². The van der Waals surface area contributed by atoms with Crippen molar-refractivity contribution in [3.8, 4) is 0 Å². The predicted octanol–water partition coefficient (Wildman–Crippen LogP) is 2.36. The molecule has 0 aromatic heterocycles. The van der Waals surface area contributed by atoms with E-state index in [0.29, 0.717) is 5.02 Å². The highest BCUT2D eigenvalue weighted by molar-refractivity contribution is 7.93. The van der Waals surface area contributed by atoms with E-state index in [1.54, 1.807) is 24.3 Å². The predicted molar refractivity (Wildman–Crippen MR) is 55.3 cm³/mol. The number of sulfone groups is 1. The van der Waals surface area contributed by atoms with Gasteiger partial charge in [-0.3, -0.25) is 0 Å². The van der Waals surface area contributed by atoms with Crippen molar-refractivity contribution in [2.45, 2.75) is 0 Å². The van der Waals surface area contributed by atoms with E-state index >= 15 is 0 Å².